The van der Waals surface area contributed by atoms with Gasteiger partial charge < -0.3 is 15.4 Å². The van der Waals surface area contributed by atoms with Crippen LogP contribution in [0.1, 0.15) is 25.7 Å². The van der Waals surface area contributed by atoms with Gasteiger partial charge in [0.2, 0.25) is 5.91 Å². The van der Waals surface area contributed by atoms with E-state index < -0.39 is 0 Å². The van der Waals surface area contributed by atoms with Crippen LogP contribution in [0.3, 0.4) is 0 Å². The van der Waals surface area contributed by atoms with Crippen molar-refractivity contribution in [2.75, 3.05) is 26.0 Å². The molecule has 2 N–H and O–H groups in total. The zero-order valence-corrected chi connectivity index (χ0v) is 14.4. The fourth-order valence-corrected chi connectivity index (χ4v) is 3.95. The lowest BCUT2D eigenvalue weighted by molar-refractivity contribution is -0.117. The van der Waals surface area contributed by atoms with Crippen molar-refractivity contribution in [2.24, 2.45) is 0 Å². The number of methoxy groups -OCH3 is 1. The summed E-state index contributed by atoms with van der Waals surface area (Å²) in [4.78, 5) is 14.4. The molecule has 23 heavy (non-hydrogen) atoms. The highest BCUT2D eigenvalue weighted by molar-refractivity contribution is 6.32. The monoisotopic (exact) mass is 337 g/mol. The van der Waals surface area contributed by atoms with Crippen LogP contribution < -0.4 is 15.4 Å². The van der Waals surface area contributed by atoms with Crippen molar-refractivity contribution >= 4 is 23.2 Å². The van der Waals surface area contributed by atoms with Gasteiger partial charge in [0, 0.05) is 23.8 Å². The van der Waals surface area contributed by atoms with Crippen molar-refractivity contribution in [3.8, 4) is 5.75 Å². The maximum absolute atomic E-state index is 12.3. The lowest BCUT2D eigenvalue weighted by atomic mass is 9.98. The van der Waals surface area contributed by atoms with E-state index in [0.717, 1.165) is 12.8 Å². The van der Waals surface area contributed by atoms with Crippen molar-refractivity contribution in [1.29, 1.82) is 0 Å². The summed E-state index contributed by atoms with van der Waals surface area (Å²) in [5.41, 5.74) is 0.694. The molecule has 0 aliphatic carbocycles. The molecule has 126 valence electrons. The molecule has 2 heterocycles. The number of hydrogen-bond acceptors (Lipinski definition) is 4. The molecule has 2 bridgehead atoms. The van der Waals surface area contributed by atoms with Crippen molar-refractivity contribution in [1.82, 2.24) is 10.2 Å². The highest BCUT2D eigenvalue weighted by Gasteiger charge is 2.35. The van der Waals surface area contributed by atoms with Gasteiger partial charge >= 0.3 is 0 Å². The van der Waals surface area contributed by atoms with Gasteiger partial charge in [0.25, 0.3) is 0 Å². The molecule has 2 atom stereocenters. The summed E-state index contributed by atoms with van der Waals surface area (Å²) in [5.74, 6) is 0.589. The van der Waals surface area contributed by atoms with Crippen molar-refractivity contribution in [3.63, 3.8) is 0 Å². The van der Waals surface area contributed by atoms with Crippen molar-refractivity contribution < 1.29 is 9.53 Å². The first-order valence-corrected chi connectivity index (χ1v) is 8.52. The van der Waals surface area contributed by atoms with E-state index in [1.807, 2.05) is 7.05 Å². The Labute approximate surface area is 142 Å². The number of piperidine rings is 1. The Morgan fingerprint density at radius 1 is 1.39 bits per heavy atom. The van der Waals surface area contributed by atoms with Gasteiger partial charge in [-0.25, -0.2) is 0 Å². The standard InChI is InChI=1S/C17H24ClN3O2/c1-21(14-7-11-3-4-12(8-14)19-11)10-17(22)20-13-5-6-16(23-2)15(18)9-13/h5-6,9,11-12,14,19H,3-4,7-8,10H2,1-2H3,(H,20,22). The smallest absolute Gasteiger partial charge is 0.238 e. The van der Waals surface area contributed by atoms with Crippen molar-refractivity contribution in [3.05, 3.63) is 23.2 Å². The van der Waals surface area contributed by atoms with Crippen LogP contribution in [-0.4, -0.2) is 49.6 Å². The number of carbonyl (C=O) groups excluding carboxylic acids is 1. The van der Waals surface area contributed by atoms with Gasteiger partial charge in [0.15, 0.2) is 0 Å². The molecule has 2 unspecified atom stereocenters. The molecular formula is C17H24ClN3O2. The molecule has 1 amide bonds. The van der Waals surface area contributed by atoms with Crippen LogP contribution in [0.5, 0.6) is 5.75 Å². The number of fused-ring (bicyclic) bond motifs is 2. The van der Waals surface area contributed by atoms with Gasteiger partial charge in [-0.15, -0.1) is 0 Å². The minimum Gasteiger partial charge on any atom is -0.495 e. The second kappa shape index (κ2) is 7.07. The molecule has 3 rings (SSSR count). The van der Waals surface area contributed by atoms with Crippen LogP contribution in [-0.2, 0) is 4.79 Å². The number of hydrogen-bond donors (Lipinski definition) is 2. The second-order valence-corrected chi connectivity index (χ2v) is 6.98. The van der Waals surface area contributed by atoms with E-state index in [1.165, 1.54) is 12.8 Å². The number of rotatable bonds is 5. The Bertz CT molecular complexity index is 569. The Morgan fingerprint density at radius 3 is 2.70 bits per heavy atom. The highest BCUT2D eigenvalue weighted by atomic mass is 35.5. The first-order valence-electron chi connectivity index (χ1n) is 8.15. The number of nitrogens with one attached hydrogen (secondary N) is 2. The largest absolute Gasteiger partial charge is 0.495 e. The first-order chi connectivity index (χ1) is 11.0. The predicted octanol–water partition coefficient (Wildman–Crippen LogP) is 2.50. The van der Waals surface area contributed by atoms with Gasteiger partial charge in [-0.3, -0.25) is 9.69 Å². The quantitative estimate of drug-likeness (QED) is 0.867. The number of carbonyl (C=O) groups is 1. The number of halogens is 1. The van der Waals surface area contributed by atoms with Crippen LogP contribution in [0.2, 0.25) is 5.02 Å². The van der Waals surface area contributed by atoms with E-state index >= 15 is 0 Å². The summed E-state index contributed by atoms with van der Waals surface area (Å²) in [6, 6.07) is 7.01. The van der Waals surface area contributed by atoms with E-state index in [9.17, 15) is 4.79 Å². The number of benzene rings is 1. The fraction of sp³-hybridized carbons (Fsp3) is 0.588. The topological polar surface area (TPSA) is 53.6 Å². The summed E-state index contributed by atoms with van der Waals surface area (Å²) >= 11 is 6.09. The maximum Gasteiger partial charge on any atom is 0.238 e. The predicted molar refractivity (Wildman–Crippen MR) is 92.2 cm³/mol. The van der Waals surface area contributed by atoms with Crippen LogP contribution in [0.4, 0.5) is 5.69 Å². The second-order valence-electron chi connectivity index (χ2n) is 6.58. The maximum atomic E-state index is 12.3. The van der Waals surface area contributed by atoms with Gasteiger partial charge in [-0.1, -0.05) is 11.6 Å². The average Bonchev–Trinajstić information content (AvgIpc) is 2.85. The SMILES string of the molecule is COc1ccc(NC(=O)CN(C)C2CC3CCC(C2)N3)cc1Cl. The molecular weight excluding hydrogens is 314 g/mol. The first kappa shape index (κ1) is 16.6. The molecule has 1 aromatic rings. The van der Waals surface area contributed by atoms with E-state index in [2.05, 4.69) is 15.5 Å². The van der Waals surface area contributed by atoms with Crippen LogP contribution >= 0.6 is 11.6 Å². The number of anilines is 1. The third-order valence-corrected chi connectivity index (χ3v) is 5.20. The van der Waals surface area contributed by atoms with Crippen molar-refractivity contribution in [2.45, 2.75) is 43.8 Å². The molecule has 0 radical (unpaired) electrons. The zero-order valence-electron chi connectivity index (χ0n) is 13.6. The van der Waals surface area contributed by atoms with E-state index in [-0.39, 0.29) is 5.91 Å². The van der Waals surface area contributed by atoms with Gasteiger partial charge in [-0.2, -0.15) is 0 Å². The summed E-state index contributed by atoms with van der Waals surface area (Å²) in [5, 5.41) is 7.03. The molecule has 5 nitrogen and oxygen atoms in total. The fourth-order valence-electron chi connectivity index (χ4n) is 3.69. The number of amides is 1. The number of ether oxygens (including phenoxy) is 1. The van der Waals surface area contributed by atoms with E-state index in [4.69, 9.17) is 16.3 Å². The average molecular weight is 338 g/mol. The Balaban J connectivity index is 1.53. The molecule has 0 spiro atoms. The molecule has 2 aliphatic heterocycles. The Kier molecular flexibility index (Phi) is 5.09. The van der Waals surface area contributed by atoms with E-state index in [0.29, 0.717) is 41.1 Å². The van der Waals surface area contributed by atoms with E-state index in [1.54, 1.807) is 25.3 Å². The molecule has 1 aromatic carbocycles. The minimum absolute atomic E-state index is 0.0142. The summed E-state index contributed by atoms with van der Waals surface area (Å²) in [6.07, 6.45) is 4.81. The molecule has 0 aromatic heterocycles. The highest BCUT2D eigenvalue weighted by Crippen LogP contribution is 2.29. The number of likely N-dealkylation sites (N-methyl/N-ethyl adjacent to an activating group) is 1. The molecule has 2 saturated heterocycles. The Hall–Kier alpha value is -1.30. The Morgan fingerprint density at radius 2 is 2.09 bits per heavy atom. The lowest BCUT2D eigenvalue weighted by Gasteiger charge is -2.35. The number of nitrogens with zero attached hydrogens (tertiary/aromatic N) is 1. The molecule has 6 heteroatoms. The van der Waals surface area contributed by atoms with Crippen LogP contribution in [0.15, 0.2) is 18.2 Å². The summed E-state index contributed by atoms with van der Waals surface area (Å²) < 4.78 is 5.12. The third kappa shape index (κ3) is 3.97. The molecule has 2 fully saturated rings. The third-order valence-electron chi connectivity index (χ3n) is 4.90. The molecule has 2 aliphatic rings. The van der Waals surface area contributed by atoms with Gasteiger partial charge in [0.05, 0.1) is 18.7 Å². The van der Waals surface area contributed by atoms with Gasteiger partial charge in [-0.05, 0) is 50.9 Å². The zero-order chi connectivity index (χ0) is 16.4. The van der Waals surface area contributed by atoms with Crippen LogP contribution in [0.25, 0.3) is 0 Å². The minimum atomic E-state index is -0.0142. The molecule has 0 saturated carbocycles. The lowest BCUT2D eigenvalue weighted by Crippen LogP contribution is -2.48. The van der Waals surface area contributed by atoms with Crippen LogP contribution in [0, 0.1) is 0 Å². The summed E-state index contributed by atoms with van der Waals surface area (Å²) in [7, 11) is 3.61. The summed E-state index contributed by atoms with van der Waals surface area (Å²) in [6.45, 7) is 0.397. The van der Waals surface area contributed by atoms with Gasteiger partial charge in [0.1, 0.15) is 5.75 Å². The normalized spacial score (nSPS) is 26.3.